The summed E-state index contributed by atoms with van der Waals surface area (Å²) in [6.45, 7) is 2.05. The van der Waals surface area contributed by atoms with Gasteiger partial charge in [-0.05, 0) is 0 Å². The third-order valence-electron chi connectivity index (χ3n) is 1.05. The smallest absolute Gasteiger partial charge is 0.161 e. The Labute approximate surface area is 60.7 Å². The van der Waals surface area contributed by atoms with Crippen LogP contribution in [-0.4, -0.2) is 36.9 Å². The van der Waals surface area contributed by atoms with Crippen LogP contribution in [0.15, 0.2) is 0 Å². The zero-order chi connectivity index (χ0) is 8.20. The van der Waals surface area contributed by atoms with Crippen LogP contribution in [0.1, 0.15) is 6.92 Å². The topological polar surface area (TPSA) is 86.5 Å². The molecule has 0 unspecified atom stereocenters. The lowest BCUT2D eigenvalue weighted by Crippen LogP contribution is -2.34. The molecule has 62 valence electrons. The van der Waals surface area contributed by atoms with E-state index in [4.69, 9.17) is 5.73 Å². The molecule has 6 heteroatoms. The molecule has 0 aliphatic carbocycles. The molecule has 0 fully saturated rings. The van der Waals surface area contributed by atoms with E-state index in [0.717, 1.165) is 4.31 Å². The molecular formula is C4H11N2O3S-. The Kier molecular flexibility index (Phi) is 3.80. The second-order valence-corrected chi connectivity index (χ2v) is 3.11. The van der Waals surface area contributed by atoms with E-state index < -0.39 is 10.3 Å². The first-order valence-corrected chi connectivity index (χ1v) is 4.30. The predicted molar refractivity (Wildman–Crippen MR) is 36.0 cm³/mol. The van der Waals surface area contributed by atoms with Gasteiger partial charge in [0.15, 0.2) is 10.3 Å². The molecule has 0 amide bonds. The van der Waals surface area contributed by atoms with Crippen molar-refractivity contribution in [2.24, 2.45) is 5.73 Å². The highest BCUT2D eigenvalue weighted by molar-refractivity contribution is 7.83. The lowest BCUT2D eigenvalue weighted by Gasteiger charge is -2.22. The molecular weight excluding hydrogens is 156 g/mol. The van der Waals surface area contributed by atoms with Crippen LogP contribution in [0.5, 0.6) is 0 Å². The van der Waals surface area contributed by atoms with Crippen molar-refractivity contribution < 1.29 is 13.0 Å². The van der Waals surface area contributed by atoms with Gasteiger partial charge in [0.2, 0.25) is 0 Å². The van der Waals surface area contributed by atoms with E-state index in [-0.39, 0.29) is 19.6 Å². The first kappa shape index (κ1) is 9.83. The van der Waals surface area contributed by atoms with Crippen LogP contribution in [0.2, 0.25) is 0 Å². The van der Waals surface area contributed by atoms with Gasteiger partial charge >= 0.3 is 0 Å². The van der Waals surface area contributed by atoms with Crippen molar-refractivity contribution in [3.05, 3.63) is 0 Å². The fourth-order valence-electron chi connectivity index (χ4n) is 0.572. The summed E-state index contributed by atoms with van der Waals surface area (Å²) in [5, 5.41) is 0. The largest absolute Gasteiger partial charge is 0.735 e. The number of likely N-dealkylation sites (N-methyl/N-ethyl adjacent to an activating group) is 1. The van der Waals surface area contributed by atoms with Crippen LogP contribution in [0.3, 0.4) is 0 Å². The molecule has 2 N–H and O–H groups in total. The Morgan fingerprint density at radius 2 is 2.10 bits per heavy atom. The van der Waals surface area contributed by atoms with Crippen LogP contribution in [0.4, 0.5) is 0 Å². The van der Waals surface area contributed by atoms with Crippen molar-refractivity contribution >= 4 is 10.3 Å². The average molecular weight is 167 g/mol. The Bertz CT molecular complexity index is 177. The van der Waals surface area contributed by atoms with Crippen molar-refractivity contribution in [2.45, 2.75) is 6.92 Å². The summed E-state index contributed by atoms with van der Waals surface area (Å²) in [7, 11) is -4.27. The van der Waals surface area contributed by atoms with Gasteiger partial charge in [0.05, 0.1) is 0 Å². The van der Waals surface area contributed by atoms with E-state index in [9.17, 15) is 13.0 Å². The molecule has 0 saturated carbocycles. The number of nitrogens with two attached hydrogens (primary N) is 1. The van der Waals surface area contributed by atoms with Gasteiger partial charge < -0.3 is 10.3 Å². The van der Waals surface area contributed by atoms with E-state index in [2.05, 4.69) is 0 Å². The minimum atomic E-state index is -4.27. The third-order valence-corrected chi connectivity index (χ3v) is 2.12. The summed E-state index contributed by atoms with van der Waals surface area (Å²) < 4.78 is 31.6. The van der Waals surface area contributed by atoms with Crippen LogP contribution in [-0.2, 0) is 10.3 Å². The van der Waals surface area contributed by atoms with Crippen LogP contribution >= 0.6 is 0 Å². The van der Waals surface area contributed by atoms with E-state index in [1.807, 2.05) is 0 Å². The molecule has 0 rings (SSSR count). The normalized spacial score (nSPS) is 12.4. The van der Waals surface area contributed by atoms with E-state index >= 15 is 0 Å². The van der Waals surface area contributed by atoms with Crippen molar-refractivity contribution in [2.75, 3.05) is 19.6 Å². The maximum atomic E-state index is 10.3. The highest BCUT2D eigenvalue weighted by Crippen LogP contribution is 1.93. The second-order valence-electron chi connectivity index (χ2n) is 1.74. The zero-order valence-electron chi connectivity index (χ0n) is 5.78. The molecule has 0 aromatic heterocycles. The molecule has 0 atom stereocenters. The number of hydrogen-bond donors (Lipinski definition) is 1. The SMILES string of the molecule is CCN(CCN)S(=O)(=O)[O-]. The average Bonchev–Trinajstić information content (AvgIpc) is 1.80. The Balaban J connectivity index is 4.08. The van der Waals surface area contributed by atoms with E-state index in [1.165, 1.54) is 0 Å². The molecule has 0 aliphatic heterocycles. The Morgan fingerprint density at radius 1 is 1.60 bits per heavy atom. The van der Waals surface area contributed by atoms with Gasteiger partial charge in [-0.25, -0.2) is 12.7 Å². The zero-order valence-corrected chi connectivity index (χ0v) is 6.60. The van der Waals surface area contributed by atoms with E-state index in [1.54, 1.807) is 6.92 Å². The van der Waals surface area contributed by atoms with Crippen molar-refractivity contribution in [1.29, 1.82) is 0 Å². The van der Waals surface area contributed by atoms with Crippen LogP contribution < -0.4 is 5.73 Å². The minimum absolute atomic E-state index is 0.0995. The molecule has 0 bridgehead atoms. The molecule has 5 nitrogen and oxygen atoms in total. The van der Waals surface area contributed by atoms with E-state index in [0.29, 0.717) is 0 Å². The van der Waals surface area contributed by atoms with Gasteiger partial charge in [0, 0.05) is 19.6 Å². The van der Waals surface area contributed by atoms with Crippen molar-refractivity contribution in [3.63, 3.8) is 0 Å². The quantitative estimate of drug-likeness (QED) is 0.529. The Morgan fingerprint density at radius 3 is 2.20 bits per heavy atom. The Hall–Kier alpha value is -0.170. The maximum Gasteiger partial charge on any atom is 0.161 e. The third kappa shape index (κ3) is 3.11. The molecule has 0 saturated heterocycles. The molecule has 0 heterocycles. The molecule has 0 radical (unpaired) electrons. The highest BCUT2D eigenvalue weighted by atomic mass is 32.2. The molecule has 0 aromatic carbocycles. The summed E-state index contributed by atoms with van der Waals surface area (Å²) in [6.07, 6.45) is 0. The maximum absolute atomic E-state index is 10.3. The minimum Gasteiger partial charge on any atom is -0.735 e. The number of nitrogens with zero attached hydrogens (tertiary/aromatic N) is 1. The fraction of sp³-hybridized carbons (Fsp3) is 1.00. The fourth-order valence-corrected chi connectivity index (χ4v) is 1.22. The van der Waals surface area contributed by atoms with Gasteiger partial charge in [-0.15, -0.1) is 0 Å². The summed E-state index contributed by atoms with van der Waals surface area (Å²) in [5.74, 6) is 0. The van der Waals surface area contributed by atoms with Gasteiger partial charge in [-0.3, -0.25) is 0 Å². The standard InChI is InChI=1S/C4H12N2O3S/c1-2-6(4-3-5)10(7,8)9/h2-5H2,1H3,(H,7,8,9)/p-1. The number of rotatable bonds is 4. The van der Waals surface area contributed by atoms with Gasteiger partial charge in [-0.1, -0.05) is 6.92 Å². The lowest BCUT2D eigenvalue weighted by molar-refractivity contribution is 0.354. The second kappa shape index (κ2) is 3.87. The first-order chi connectivity index (χ1) is 4.52. The molecule has 0 aromatic rings. The monoisotopic (exact) mass is 167 g/mol. The summed E-state index contributed by atoms with van der Waals surface area (Å²) in [6, 6.07) is 0. The summed E-state index contributed by atoms with van der Waals surface area (Å²) in [4.78, 5) is 0. The van der Waals surface area contributed by atoms with Gasteiger partial charge in [0.1, 0.15) is 0 Å². The summed E-state index contributed by atoms with van der Waals surface area (Å²) in [5.41, 5.74) is 5.06. The molecule has 0 aliphatic rings. The predicted octanol–water partition coefficient (Wildman–Crippen LogP) is -1.27. The van der Waals surface area contributed by atoms with Crippen LogP contribution in [0.25, 0.3) is 0 Å². The van der Waals surface area contributed by atoms with Crippen molar-refractivity contribution in [1.82, 2.24) is 4.31 Å². The van der Waals surface area contributed by atoms with Crippen molar-refractivity contribution in [3.8, 4) is 0 Å². The lowest BCUT2D eigenvalue weighted by atomic mass is 10.6. The molecule has 10 heavy (non-hydrogen) atoms. The van der Waals surface area contributed by atoms with Crippen LogP contribution in [0, 0.1) is 0 Å². The first-order valence-electron chi connectivity index (χ1n) is 2.93. The van der Waals surface area contributed by atoms with Gasteiger partial charge in [0.25, 0.3) is 0 Å². The highest BCUT2D eigenvalue weighted by Gasteiger charge is 2.06. The van der Waals surface area contributed by atoms with Gasteiger partial charge in [-0.2, -0.15) is 0 Å². The molecule has 0 spiro atoms. The number of hydrogen-bond acceptors (Lipinski definition) is 4. The summed E-state index contributed by atoms with van der Waals surface area (Å²) >= 11 is 0.